The Balaban J connectivity index is 2.38. The van der Waals surface area contributed by atoms with Gasteiger partial charge in [0.2, 0.25) is 0 Å². The number of anilines is 1. The van der Waals surface area contributed by atoms with E-state index in [1.807, 2.05) is 25.1 Å². The molecule has 0 atom stereocenters. The molecule has 4 nitrogen and oxygen atoms in total. The number of aromatic nitrogens is 1. The molecule has 0 bridgehead atoms. The van der Waals surface area contributed by atoms with Crippen LogP contribution in [-0.2, 0) is 0 Å². The molecule has 0 saturated heterocycles. The summed E-state index contributed by atoms with van der Waals surface area (Å²) in [4.78, 5) is 26.7. The van der Waals surface area contributed by atoms with Gasteiger partial charge in [-0.15, -0.1) is 0 Å². The molecule has 104 valence electrons. The third kappa shape index (κ3) is 2.79. The monoisotopic (exact) mass is 270 g/mol. The van der Waals surface area contributed by atoms with Gasteiger partial charge in [-0.3, -0.25) is 9.59 Å². The predicted molar refractivity (Wildman–Crippen MR) is 80.3 cm³/mol. The number of pyridine rings is 1. The molecule has 0 unspecified atom stereocenters. The van der Waals surface area contributed by atoms with E-state index in [-0.39, 0.29) is 16.9 Å². The predicted octanol–water partition coefficient (Wildman–Crippen LogP) is 3.06. The van der Waals surface area contributed by atoms with Crippen LogP contribution < -0.4 is 10.7 Å². The molecular formula is C16H18N2O2. The Morgan fingerprint density at radius 2 is 2.00 bits per heavy atom. The lowest BCUT2D eigenvalue weighted by atomic mass is 9.98. The molecular weight excluding hydrogens is 252 g/mol. The van der Waals surface area contributed by atoms with Gasteiger partial charge in [0.05, 0.1) is 0 Å². The van der Waals surface area contributed by atoms with E-state index < -0.39 is 0 Å². The number of rotatable bonds is 3. The molecule has 0 fully saturated rings. The Hall–Kier alpha value is -2.36. The van der Waals surface area contributed by atoms with Crippen molar-refractivity contribution >= 4 is 11.6 Å². The van der Waals surface area contributed by atoms with Crippen LogP contribution in [0, 0.1) is 6.92 Å². The van der Waals surface area contributed by atoms with Crippen molar-refractivity contribution < 1.29 is 4.79 Å². The second-order valence-corrected chi connectivity index (χ2v) is 5.07. The van der Waals surface area contributed by atoms with Gasteiger partial charge in [-0.1, -0.05) is 32.0 Å². The number of carbonyl (C=O) groups excluding carboxylic acids is 1. The Kier molecular flexibility index (Phi) is 4.03. The summed E-state index contributed by atoms with van der Waals surface area (Å²) >= 11 is 0. The summed E-state index contributed by atoms with van der Waals surface area (Å²) in [6.45, 7) is 6.08. The molecule has 1 amide bonds. The number of carbonyl (C=O) groups is 1. The number of aromatic amines is 1. The molecule has 2 N–H and O–H groups in total. The lowest BCUT2D eigenvalue weighted by Crippen LogP contribution is -2.22. The maximum absolute atomic E-state index is 12.2. The number of hydrogen-bond donors (Lipinski definition) is 2. The molecule has 0 aliphatic heterocycles. The van der Waals surface area contributed by atoms with E-state index in [1.165, 1.54) is 18.5 Å². The van der Waals surface area contributed by atoms with Crippen molar-refractivity contribution in [1.82, 2.24) is 4.98 Å². The zero-order chi connectivity index (χ0) is 14.7. The van der Waals surface area contributed by atoms with Crippen molar-refractivity contribution in [2.24, 2.45) is 0 Å². The van der Waals surface area contributed by atoms with Gasteiger partial charge >= 0.3 is 0 Å². The second-order valence-electron chi connectivity index (χ2n) is 5.07. The minimum atomic E-state index is -0.386. The largest absolute Gasteiger partial charge is 0.367 e. The van der Waals surface area contributed by atoms with Gasteiger partial charge in [0.1, 0.15) is 5.56 Å². The van der Waals surface area contributed by atoms with Crippen molar-refractivity contribution in [3.63, 3.8) is 0 Å². The summed E-state index contributed by atoms with van der Waals surface area (Å²) in [7, 11) is 0. The minimum absolute atomic E-state index is 0.116. The lowest BCUT2D eigenvalue weighted by molar-refractivity contribution is 0.102. The second kappa shape index (κ2) is 5.74. The van der Waals surface area contributed by atoms with Crippen molar-refractivity contribution in [1.29, 1.82) is 0 Å². The number of amides is 1. The van der Waals surface area contributed by atoms with Crippen LogP contribution >= 0.6 is 0 Å². The molecule has 1 aromatic carbocycles. The van der Waals surface area contributed by atoms with Gasteiger partial charge in [0, 0.05) is 24.1 Å². The maximum Gasteiger partial charge on any atom is 0.261 e. The van der Waals surface area contributed by atoms with Crippen LogP contribution in [-0.4, -0.2) is 10.9 Å². The molecule has 4 heteroatoms. The number of aryl methyl sites for hydroxylation is 1. The van der Waals surface area contributed by atoms with E-state index in [0.29, 0.717) is 5.92 Å². The number of H-pyrrole nitrogens is 1. The number of para-hydroxylation sites is 1. The quantitative estimate of drug-likeness (QED) is 0.900. The van der Waals surface area contributed by atoms with Gasteiger partial charge in [-0.2, -0.15) is 0 Å². The zero-order valence-electron chi connectivity index (χ0n) is 11.9. The summed E-state index contributed by atoms with van der Waals surface area (Å²) in [6.07, 6.45) is 2.93. The van der Waals surface area contributed by atoms with Gasteiger partial charge in [0.25, 0.3) is 5.91 Å². The highest BCUT2D eigenvalue weighted by Gasteiger charge is 2.14. The highest BCUT2D eigenvalue weighted by Crippen LogP contribution is 2.27. The average molecular weight is 270 g/mol. The fourth-order valence-corrected chi connectivity index (χ4v) is 2.12. The van der Waals surface area contributed by atoms with Crippen LogP contribution in [0.2, 0.25) is 0 Å². The standard InChI is InChI=1S/C16H18N2O2/c1-10(2)12-6-4-5-11(3)15(12)18-16(20)13-9-17-8-7-14(13)19/h4-10H,1-3H3,(H,17,19)(H,18,20). The Bertz CT molecular complexity index is 687. The average Bonchev–Trinajstić information content (AvgIpc) is 2.41. The fourth-order valence-electron chi connectivity index (χ4n) is 2.12. The fraction of sp³-hybridized carbons (Fsp3) is 0.250. The highest BCUT2D eigenvalue weighted by molar-refractivity contribution is 6.04. The van der Waals surface area contributed by atoms with Gasteiger partial charge in [-0.05, 0) is 24.0 Å². The summed E-state index contributed by atoms with van der Waals surface area (Å²) in [6, 6.07) is 7.24. The van der Waals surface area contributed by atoms with Crippen LogP contribution in [0.3, 0.4) is 0 Å². The molecule has 0 aliphatic rings. The third-order valence-corrected chi connectivity index (χ3v) is 3.23. The van der Waals surface area contributed by atoms with Crippen molar-refractivity contribution in [3.05, 3.63) is 63.6 Å². The first kappa shape index (κ1) is 14.1. The SMILES string of the molecule is Cc1cccc(C(C)C)c1NC(=O)c1c[nH]ccc1=O. The smallest absolute Gasteiger partial charge is 0.261 e. The van der Waals surface area contributed by atoms with Crippen LogP contribution in [0.5, 0.6) is 0 Å². The number of hydrogen-bond acceptors (Lipinski definition) is 2. The summed E-state index contributed by atoms with van der Waals surface area (Å²) < 4.78 is 0. The Morgan fingerprint density at radius 3 is 2.65 bits per heavy atom. The van der Waals surface area contributed by atoms with E-state index in [2.05, 4.69) is 24.1 Å². The van der Waals surface area contributed by atoms with Crippen LogP contribution in [0.15, 0.2) is 41.5 Å². The zero-order valence-corrected chi connectivity index (χ0v) is 11.9. The van der Waals surface area contributed by atoms with Crippen molar-refractivity contribution in [2.45, 2.75) is 26.7 Å². The summed E-state index contributed by atoms with van der Waals surface area (Å²) in [5.41, 5.74) is 2.66. The number of benzene rings is 1. The molecule has 2 aromatic rings. The molecule has 0 spiro atoms. The van der Waals surface area contributed by atoms with Crippen LogP contribution in [0.1, 0.15) is 41.3 Å². The molecule has 2 rings (SSSR count). The minimum Gasteiger partial charge on any atom is -0.367 e. The van der Waals surface area contributed by atoms with Gasteiger partial charge in [-0.25, -0.2) is 0 Å². The molecule has 0 saturated carbocycles. The van der Waals surface area contributed by atoms with E-state index >= 15 is 0 Å². The third-order valence-electron chi connectivity index (χ3n) is 3.23. The number of nitrogens with one attached hydrogen (secondary N) is 2. The molecule has 1 heterocycles. The van der Waals surface area contributed by atoms with Crippen LogP contribution in [0.25, 0.3) is 0 Å². The lowest BCUT2D eigenvalue weighted by Gasteiger charge is -2.16. The van der Waals surface area contributed by atoms with E-state index in [1.54, 1.807) is 0 Å². The topological polar surface area (TPSA) is 62.0 Å². The first-order valence-corrected chi connectivity index (χ1v) is 6.58. The van der Waals surface area contributed by atoms with Crippen molar-refractivity contribution in [2.75, 3.05) is 5.32 Å². The van der Waals surface area contributed by atoms with E-state index in [9.17, 15) is 9.59 Å². The van der Waals surface area contributed by atoms with E-state index in [4.69, 9.17) is 0 Å². The Labute approximate surface area is 117 Å². The maximum atomic E-state index is 12.2. The first-order valence-electron chi connectivity index (χ1n) is 6.58. The first-order chi connectivity index (χ1) is 9.50. The molecule has 20 heavy (non-hydrogen) atoms. The molecule has 0 aliphatic carbocycles. The Morgan fingerprint density at radius 1 is 1.25 bits per heavy atom. The molecule has 1 aromatic heterocycles. The highest BCUT2D eigenvalue weighted by atomic mass is 16.2. The normalized spacial score (nSPS) is 10.6. The van der Waals surface area contributed by atoms with Gasteiger partial charge < -0.3 is 10.3 Å². The van der Waals surface area contributed by atoms with Crippen molar-refractivity contribution in [3.8, 4) is 0 Å². The van der Waals surface area contributed by atoms with Gasteiger partial charge in [0.15, 0.2) is 5.43 Å². The summed E-state index contributed by atoms with van der Waals surface area (Å²) in [5.74, 6) is -0.0951. The van der Waals surface area contributed by atoms with Crippen LogP contribution in [0.4, 0.5) is 5.69 Å². The summed E-state index contributed by atoms with van der Waals surface area (Å²) in [5, 5.41) is 2.86. The molecule has 0 radical (unpaired) electrons. The van der Waals surface area contributed by atoms with E-state index in [0.717, 1.165) is 16.8 Å².